The zero-order valence-electron chi connectivity index (χ0n) is 12.8. The van der Waals surface area contributed by atoms with E-state index >= 15 is 0 Å². The molecule has 7 heteroatoms. The number of hydrogen-bond donors (Lipinski definition) is 2. The summed E-state index contributed by atoms with van der Waals surface area (Å²) in [5.41, 5.74) is 4.95. The van der Waals surface area contributed by atoms with Crippen LogP contribution in [0.3, 0.4) is 0 Å². The van der Waals surface area contributed by atoms with E-state index in [0.29, 0.717) is 6.42 Å². The van der Waals surface area contributed by atoms with E-state index < -0.39 is 21.4 Å². The molecule has 0 aliphatic heterocycles. The van der Waals surface area contributed by atoms with Crippen molar-refractivity contribution < 1.29 is 17.5 Å². The summed E-state index contributed by atoms with van der Waals surface area (Å²) in [6, 6.07) is 3.42. The first-order valence-corrected chi connectivity index (χ1v) is 8.19. The summed E-state index contributed by atoms with van der Waals surface area (Å²) in [6.45, 7) is 5.90. The molecule has 0 spiro atoms. The number of ether oxygens (including phenoxy) is 1. The van der Waals surface area contributed by atoms with E-state index in [0.717, 1.165) is 12.1 Å². The normalized spacial score (nSPS) is 15.0. The summed E-state index contributed by atoms with van der Waals surface area (Å²) in [5.74, 6) is -0.444. The molecule has 5 nitrogen and oxygen atoms in total. The zero-order chi connectivity index (χ0) is 16.3. The number of nitrogens with two attached hydrogens (primary N) is 1. The molecule has 1 atom stereocenters. The second kappa shape index (κ2) is 6.72. The predicted molar refractivity (Wildman–Crippen MR) is 80.2 cm³/mol. The topological polar surface area (TPSA) is 81.4 Å². The summed E-state index contributed by atoms with van der Waals surface area (Å²) >= 11 is 0. The molecule has 21 heavy (non-hydrogen) atoms. The summed E-state index contributed by atoms with van der Waals surface area (Å²) in [5, 5.41) is 0. The van der Waals surface area contributed by atoms with Gasteiger partial charge in [0.05, 0.1) is 12.0 Å². The Kier molecular flexibility index (Phi) is 5.72. The van der Waals surface area contributed by atoms with Crippen LogP contribution in [0.4, 0.5) is 4.39 Å². The van der Waals surface area contributed by atoms with Crippen LogP contribution >= 0.6 is 0 Å². The van der Waals surface area contributed by atoms with Gasteiger partial charge in [0, 0.05) is 18.2 Å². The molecule has 1 unspecified atom stereocenters. The van der Waals surface area contributed by atoms with Crippen LogP contribution in [0.5, 0.6) is 5.75 Å². The molecule has 1 rings (SSSR count). The quantitative estimate of drug-likeness (QED) is 0.804. The van der Waals surface area contributed by atoms with Gasteiger partial charge in [0.25, 0.3) is 0 Å². The van der Waals surface area contributed by atoms with Gasteiger partial charge in [-0.2, -0.15) is 0 Å². The van der Waals surface area contributed by atoms with Gasteiger partial charge in [0.15, 0.2) is 11.6 Å². The molecular weight excluding hydrogens is 295 g/mol. The van der Waals surface area contributed by atoms with E-state index in [1.165, 1.54) is 13.2 Å². The fourth-order valence-electron chi connectivity index (χ4n) is 2.26. The molecular formula is C14H23FN2O3S. The lowest BCUT2D eigenvalue weighted by Gasteiger charge is -2.30. The van der Waals surface area contributed by atoms with E-state index in [4.69, 9.17) is 10.5 Å². The van der Waals surface area contributed by atoms with E-state index in [9.17, 15) is 12.8 Å². The number of rotatable bonds is 7. The third-order valence-corrected chi connectivity index (χ3v) is 4.76. The molecule has 0 fully saturated rings. The average molecular weight is 318 g/mol. The van der Waals surface area contributed by atoms with Crippen molar-refractivity contribution in [2.45, 2.75) is 37.6 Å². The Hall–Kier alpha value is -1.18. The Labute approximate surface area is 125 Å². The second-order valence-electron chi connectivity index (χ2n) is 5.76. The predicted octanol–water partition coefficient (Wildman–Crippen LogP) is 1.88. The van der Waals surface area contributed by atoms with Crippen molar-refractivity contribution in [2.24, 2.45) is 11.7 Å². The van der Waals surface area contributed by atoms with Gasteiger partial charge >= 0.3 is 0 Å². The van der Waals surface area contributed by atoms with Gasteiger partial charge in [-0.05, 0) is 31.4 Å². The number of nitrogens with one attached hydrogen (secondary N) is 1. The monoisotopic (exact) mass is 318 g/mol. The van der Waals surface area contributed by atoms with Gasteiger partial charge in [-0.15, -0.1) is 0 Å². The van der Waals surface area contributed by atoms with Crippen molar-refractivity contribution >= 4 is 10.0 Å². The van der Waals surface area contributed by atoms with Crippen molar-refractivity contribution in [1.82, 2.24) is 4.72 Å². The van der Waals surface area contributed by atoms with Crippen LogP contribution < -0.4 is 15.2 Å². The second-order valence-corrected chi connectivity index (χ2v) is 7.45. The molecule has 0 amide bonds. The van der Waals surface area contributed by atoms with Crippen LogP contribution in [0.1, 0.15) is 27.2 Å². The van der Waals surface area contributed by atoms with Crippen LogP contribution in [-0.2, 0) is 10.0 Å². The van der Waals surface area contributed by atoms with E-state index in [1.807, 2.05) is 13.8 Å². The highest BCUT2D eigenvalue weighted by molar-refractivity contribution is 7.89. The highest BCUT2D eigenvalue weighted by Crippen LogP contribution is 2.24. The summed E-state index contributed by atoms with van der Waals surface area (Å²) < 4.78 is 45.6. The van der Waals surface area contributed by atoms with Crippen molar-refractivity contribution in [3.05, 3.63) is 24.0 Å². The lowest BCUT2D eigenvalue weighted by atomic mass is 9.92. The third kappa shape index (κ3) is 4.66. The van der Waals surface area contributed by atoms with Crippen LogP contribution in [0, 0.1) is 11.7 Å². The minimum Gasteiger partial charge on any atom is -0.494 e. The summed E-state index contributed by atoms with van der Waals surface area (Å²) in [4.78, 5) is -0.0517. The molecule has 1 aromatic carbocycles. The minimum atomic E-state index is -3.80. The molecule has 0 aliphatic rings. The van der Waals surface area contributed by atoms with E-state index in [1.54, 1.807) is 6.92 Å². The van der Waals surface area contributed by atoms with Gasteiger partial charge in [-0.1, -0.05) is 13.8 Å². The number of benzene rings is 1. The van der Waals surface area contributed by atoms with Crippen molar-refractivity contribution in [3.63, 3.8) is 0 Å². The van der Waals surface area contributed by atoms with Gasteiger partial charge in [-0.25, -0.2) is 17.5 Å². The maximum Gasteiger partial charge on any atom is 0.241 e. The third-order valence-electron chi connectivity index (χ3n) is 3.12. The molecule has 0 aromatic heterocycles. The van der Waals surface area contributed by atoms with Gasteiger partial charge in [0.2, 0.25) is 10.0 Å². The van der Waals surface area contributed by atoms with Crippen LogP contribution in [0.2, 0.25) is 0 Å². The fourth-order valence-corrected chi connectivity index (χ4v) is 3.70. The Morgan fingerprint density at radius 1 is 1.43 bits per heavy atom. The SMILES string of the molecule is COc1cc(S(=O)(=O)NC(C)(CN)CC(C)C)ccc1F. The number of halogens is 1. The summed E-state index contributed by atoms with van der Waals surface area (Å²) in [6.07, 6.45) is 0.598. The van der Waals surface area contributed by atoms with Crippen molar-refractivity contribution in [2.75, 3.05) is 13.7 Å². The smallest absolute Gasteiger partial charge is 0.241 e. The molecule has 0 radical (unpaired) electrons. The number of hydrogen-bond acceptors (Lipinski definition) is 4. The Morgan fingerprint density at radius 3 is 2.52 bits per heavy atom. The van der Waals surface area contributed by atoms with E-state index in [2.05, 4.69) is 4.72 Å². The molecule has 120 valence electrons. The molecule has 0 saturated heterocycles. The highest BCUT2D eigenvalue weighted by atomic mass is 32.2. The average Bonchev–Trinajstić information content (AvgIpc) is 2.37. The molecule has 0 heterocycles. The van der Waals surface area contributed by atoms with Gasteiger partial charge < -0.3 is 10.5 Å². The molecule has 1 aromatic rings. The highest BCUT2D eigenvalue weighted by Gasteiger charge is 2.30. The fraction of sp³-hybridized carbons (Fsp3) is 0.571. The van der Waals surface area contributed by atoms with Crippen molar-refractivity contribution in [3.8, 4) is 5.75 Å². The maximum atomic E-state index is 13.4. The first-order chi connectivity index (χ1) is 9.63. The Bertz CT molecular complexity index is 590. The van der Waals surface area contributed by atoms with Crippen LogP contribution in [0.15, 0.2) is 23.1 Å². The van der Waals surface area contributed by atoms with Gasteiger partial charge in [0.1, 0.15) is 0 Å². The zero-order valence-corrected chi connectivity index (χ0v) is 13.6. The molecule has 0 aliphatic carbocycles. The largest absolute Gasteiger partial charge is 0.494 e. The molecule has 0 bridgehead atoms. The van der Waals surface area contributed by atoms with Gasteiger partial charge in [-0.3, -0.25) is 0 Å². The number of methoxy groups -OCH3 is 1. The van der Waals surface area contributed by atoms with Crippen LogP contribution in [0.25, 0.3) is 0 Å². The number of sulfonamides is 1. The maximum absolute atomic E-state index is 13.4. The molecule has 0 saturated carbocycles. The first-order valence-electron chi connectivity index (χ1n) is 6.71. The lowest BCUT2D eigenvalue weighted by Crippen LogP contribution is -2.51. The summed E-state index contributed by atoms with van der Waals surface area (Å²) in [7, 11) is -2.52. The van der Waals surface area contributed by atoms with E-state index in [-0.39, 0.29) is 23.1 Å². The standard InChI is InChI=1S/C14H23FN2O3S/c1-10(2)8-14(3,9-16)17-21(18,19)11-5-6-12(15)13(7-11)20-4/h5-7,10,17H,8-9,16H2,1-4H3. The first kappa shape index (κ1) is 17.9. The Balaban J connectivity index is 3.11. The Morgan fingerprint density at radius 2 is 2.05 bits per heavy atom. The minimum absolute atomic E-state index is 0.0517. The molecule has 3 N–H and O–H groups in total. The lowest BCUT2D eigenvalue weighted by molar-refractivity contribution is 0.344. The van der Waals surface area contributed by atoms with Crippen LogP contribution in [-0.4, -0.2) is 27.6 Å². The van der Waals surface area contributed by atoms with Crippen molar-refractivity contribution in [1.29, 1.82) is 0 Å².